The lowest BCUT2D eigenvalue weighted by Crippen LogP contribution is -2.41. The molecule has 1 aliphatic heterocycles. The van der Waals surface area contributed by atoms with Gasteiger partial charge < -0.3 is 5.32 Å². The number of rotatable bonds is 5. The summed E-state index contributed by atoms with van der Waals surface area (Å²) in [5, 5.41) is 2.74. The number of piperidine rings is 1. The number of ketones is 1. The lowest BCUT2D eigenvalue weighted by Gasteiger charge is -2.30. The van der Waals surface area contributed by atoms with Crippen LogP contribution in [-0.2, 0) is 14.8 Å². The highest BCUT2D eigenvalue weighted by Gasteiger charge is 2.32. The van der Waals surface area contributed by atoms with Crippen molar-refractivity contribution in [1.29, 1.82) is 0 Å². The highest BCUT2D eigenvalue weighted by Crippen LogP contribution is 2.26. The zero-order chi connectivity index (χ0) is 21.2. The molecule has 0 aromatic heterocycles. The second-order valence-electron chi connectivity index (χ2n) is 7.21. The molecule has 2 aromatic rings. The van der Waals surface area contributed by atoms with E-state index in [9.17, 15) is 22.4 Å². The average Bonchev–Trinajstić information content (AvgIpc) is 2.71. The first-order valence-electron chi connectivity index (χ1n) is 9.36. The molecule has 1 aliphatic rings. The molecule has 8 heteroatoms. The number of sulfonamides is 1. The zero-order valence-corrected chi connectivity index (χ0v) is 17.1. The molecule has 0 atom stereocenters. The maximum absolute atomic E-state index is 13.4. The highest BCUT2D eigenvalue weighted by atomic mass is 32.2. The molecular weight excluding hydrogens is 395 g/mol. The van der Waals surface area contributed by atoms with Gasteiger partial charge in [0.2, 0.25) is 15.9 Å². The predicted molar refractivity (Wildman–Crippen MR) is 108 cm³/mol. The van der Waals surface area contributed by atoms with Gasteiger partial charge in [-0.25, -0.2) is 12.8 Å². The number of hydrogen-bond donors (Lipinski definition) is 1. The third-order valence-electron chi connectivity index (χ3n) is 5.16. The van der Waals surface area contributed by atoms with Crippen LogP contribution in [0.2, 0.25) is 0 Å². The van der Waals surface area contributed by atoms with Crippen LogP contribution >= 0.6 is 0 Å². The summed E-state index contributed by atoms with van der Waals surface area (Å²) in [6, 6.07) is 10.2. The van der Waals surface area contributed by atoms with Crippen molar-refractivity contribution in [1.82, 2.24) is 4.31 Å². The summed E-state index contributed by atoms with van der Waals surface area (Å²) in [5.74, 6) is -1.23. The number of carbonyl (C=O) groups is 2. The van der Waals surface area contributed by atoms with Gasteiger partial charge in [-0.15, -0.1) is 0 Å². The van der Waals surface area contributed by atoms with Crippen molar-refractivity contribution in [3.63, 3.8) is 0 Å². The van der Waals surface area contributed by atoms with Gasteiger partial charge >= 0.3 is 0 Å². The van der Waals surface area contributed by atoms with Gasteiger partial charge in [-0.3, -0.25) is 9.59 Å². The molecule has 29 heavy (non-hydrogen) atoms. The first-order valence-corrected chi connectivity index (χ1v) is 10.8. The Morgan fingerprint density at radius 1 is 1.10 bits per heavy atom. The lowest BCUT2D eigenvalue weighted by molar-refractivity contribution is -0.120. The third-order valence-corrected chi connectivity index (χ3v) is 7.06. The number of nitrogens with zero attached hydrogens (tertiary/aromatic N) is 1. The van der Waals surface area contributed by atoms with Crippen LogP contribution < -0.4 is 5.32 Å². The van der Waals surface area contributed by atoms with E-state index >= 15 is 0 Å². The number of nitrogens with one attached hydrogen (secondary N) is 1. The molecule has 6 nitrogen and oxygen atoms in total. The van der Waals surface area contributed by atoms with Crippen LogP contribution in [0.15, 0.2) is 47.4 Å². The van der Waals surface area contributed by atoms with Crippen LogP contribution in [-0.4, -0.2) is 37.5 Å². The van der Waals surface area contributed by atoms with E-state index in [2.05, 4.69) is 5.32 Å². The van der Waals surface area contributed by atoms with E-state index in [0.29, 0.717) is 24.1 Å². The van der Waals surface area contributed by atoms with Crippen molar-refractivity contribution in [2.45, 2.75) is 31.6 Å². The largest absolute Gasteiger partial charge is 0.326 e. The van der Waals surface area contributed by atoms with Gasteiger partial charge in [-0.2, -0.15) is 4.31 Å². The maximum Gasteiger partial charge on any atom is 0.243 e. The average molecular weight is 418 g/mol. The maximum atomic E-state index is 13.4. The summed E-state index contributed by atoms with van der Waals surface area (Å²) in [6.45, 7) is 3.56. The molecule has 0 radical (unpaired) electrons. The molecule has 0 bridgehead atoms. The van der Waals surface area contributed by atoms with E-state index in [1.165, 1.54) is 35.5 Å². The number of carbonyl (C=O) groups excluding carboxylic acids is 2. The fraction of sp³-hybridized carbons (Fsp3) is 0.333. The predicted octanol–water partition coefficient (Wildman–Crippen LogP) is 3.38. The Balaban J connectivity index is 1.66. The molecule has 0 saturated carbocycles. The summed E-state index contributed by atoms with van der Waals surface area (Å²) in [7, 11) is -3.74. The van der Waals surface area contributed by atoms with E-state index in [0.717, 1.165) is 5.56 Å². The molecule has 0 spiro atoms. The fourth-order valence-corrected chi connectivity index (χ4v) is 4.86. The SMILES string of the molecule is CC(=O)c1cccc(S(=O)(=O)N2CCC(C(=O)Nc3cc(F)ccc3C)CC2)c1. The monoisotopic (exact) mass is 418 g/mol. The van der Waals surface area contributed by atoms with Gasteiger partial charge in [0.15, 0.2) is 5.78 Å². The minimum atomic E-state index is -3.74. The summed E-state index contributed by atoms with van der Waals surface area (Å²) < 4.78 is 40.5. The molecule has 1 amide bonds. The van der Waals surface area contributed by atoms with Crippen LogP contribution in [0.25, 0.3) is 0 Å². The van der Waals surface area contributed by atoms with Crippen molar-refractivity contribution in [2.75, 3.05) is 18.4 Å². The highest BCUT2D eigenvalue weighted by molar-refractivity contribution is 7.89. The van der Waals surface area contributed by atoms with Crippen LogP contribution in [0.4, 0.5) is 10.1 Å². The molecule has 1 saturated heterocycles. The summed E-state index contributed by atoms with van der Waals surface area (Å²) >= 11 is 0. The Kier molecular flexibility index (Phi) is 6.14. The Hall–Kier alpha value is -2.58. The van der Waals surface area contributed by atoms with Crippen molar-refractivity contribution in [3.8, 4) is 0 Å². The number of Topliss-reactive ketones (excluding diaryl/α,β-unsaturated/α-hetero) is 1. The summed E-state index contributed by atoms with van der Waals surface area (Å²) in [5.41, 5.74) is 1.52. The molecule has 1 N–H and O–H groups in total. The summed E-state index contributed by atoms with van der Waals surface area (Å²) in [6.07, 6.45) is 0.734. The Bertz CT molecular complexity index is 1040. The van der Waals surface area contributed by atoms with Gasteiger partial charge in [-0.1, -0.05) is 18.2 Å². The topological polar surface area (TPSA) is 83.6 Å². The van der Waals surface area contributed by atoms with Crippen molar-refractivity contribution in [2.24, 2.45) is 5.92 Å². The van der Waals surface area contributed by atoms with E-state index < -0.39 is 15.8 Å². The number of hydrogen-bond acceptors (Lipinski definition) is 4. The smallest absolute Gasteiger partial charge is 0.243 e. The number of anilines is 1. The van der Waals surface area contributed by atoms with Crippen LogP contribution in [0.1, 0.15) is 35.7 Å². The van der Waals surface area contributed by atoms with Crippen LogP contribution in [0.3, 0.4) is 0 Å². The standard InChI is InChI=1S/C21H23FN2O4S/c1-14-6-7-18(22)13-20(14)23-21(26)16-8-10-24(11-9-16)29(27,28)19-5-3-4-17(12-19)15(2)25/h3-7,12-13,16H,8-11H2,1-2H3,(H,23,26). The molecule has 1 fully saturated rings. The van der Waals surface area contributed by atoms with Crippen molar-refractivity contribution in [3.05, 3.63) is 59.4 Å². The molecule has 2 aromatic carbocycles. The van der Waals surface area contributed by atoms with Gasteiger partial charge in [0.05, 0.1) is 4.90 Å². The molecule has 1 heterocycles. The number of aryl methyl sites for hydroxylation is 1. The Morgan fingerprint density at radius 2 is 1.79 bits per heavy atom. The summed E-state index contributed by atoms with van der Waals surface area (Å²) in [4.78, 5) is 24.1. The zero-order valence-electron chi connectivity index (χ0n) is 16.3. The molecule has 0 unspecified atom stereocenters. The van der Waals surface area contributed by atoms with Gasteiger partial charge in [0.25, 0.3) is 0 Å². The number of amides is 1. The van der Waals surface area contributed by atoms with E-state index in [1.54, 1.807) is 25.1 Å². The number of halogens is 1. The van der Waals surface area contributed by atoms with Gasteiger partial charge in [0.1, 0.15) is 5.82 Å². The minimum absolute atomic E-state index is 0.0727. The molecular formula is C21H23FN2O4S. The molecule has 0 aliphatic carbocycles. The third kappa shape index (κ3) is 4.71. The van der Waals surface area contributed by atoms with Crippen molar-refractivity contribution < 1.29 is 22.4 Å². The van der Waals surface area contributed by atoms with Crippen LogP contribution in [0.5, 0.6) is 0 Å². The van der Waals surface area contributed by atoms with E-state index in [1.807, 2.05) is 0 Å². The quantitative estimate of drug-likeness (QED) is 0.755. The van der Waals surface area contributed by atoms with Crippen molar-refractivity contribution >= 4 is 27.4 Å². The number of benzene rings is 2. The Labute approximate surface area is 169 Å². The fourth-order valence-electron chi connectivity index (χ4n) is 3.35. The first kappa shape index (κ1) is 21.1. The van der Waals surface area contributed by atoms with E-state index in [4.69, 9.17) is 0 Å². The van der Waals surface area contributed by atoms with Gasteiger partial charge in [0, 0.05) is 30.3 Å². The molecule has 154 valence electrons. The minimum Gasteiger partial charge on any atom is -0.326 e. The first-order chi connectivity index (χ1) is 13.7. The normalized spacial score (nSPS) is 15.8. The lowest BCUT2D eigenvalue weighted by atomic mass is 9.97. The Morgan fingerprint density at radius 3 is 2.45 bits per heavy atom. The second-order valence-corrected chi connectivity index (χ2v) is 9.15. The second kappa shape index (κ2) is 8.42. The van der Waals surface area contributed by atoms with Crippen LogP contribution in [0, 0.1) is 18.7 Å². The molecule has 3 rings (SSSR count). The van der Waals surface area contributed by atoms with Gasteiger partial charge in [-0.05, 0) is 56.5 Å². The van der Waals surface area contributed by atoms with E-state index in [-0.39, 0.29) is 35.6 Å².